The first-order valence-corrected chi connectivity index (χ1v) is 3.53. The summed E-state index contributed by atoms with van der Waals surface area (Å²) in [5.74, 6) is 5.05. The van der Waals surface area contributed by atoms with E-state index in [1.807, 2.05) is 0 Å². The van der Waals surface area contributed by atoms with E-state index in [1.54, 1.807) is 11.7 Å². The monoisotopic (exact) mass is 159 g/mol. The number of aromatic nitrogens is 1. The van der Waals surface area contributed by atoms with Gasteiger partial charge >= 0.3 is 0 Å². The van der Waals surface area contributed by atoms with Gasteiger partial charge in [0.2, 0.25) is 0 Å². The molecule has 0 aliphatic rings. The van der Waals surface area contributed by atoms with Crippen molar-refractivity contribution in [3.8, 4) is 0 Å². The predicted octanol–water partition coefficient (Wildman–Crippen LogP) is 0.282. The number of rotatable bonds is 1. The van der Waals surface area contributed by atoms with Crippen molar-refractivity contribution in [3.05, 3.63) is 16.6 Å². The molecule has 0 unspecified atom stereocenters. The van der Waals surface area contributed by atoms with Crippen LogP contribution in [0.2, 0.25) is 0 Å². The van der Waals surface area contributed by atoms with Gasteiger partial charge < -0.3 is 5.43 Å². The Morgan fingerprint density at radius 1 is 1.89 bits per heavy atom. The average molecular weight is 159 g/mol. The van der Waals surface area contributed by atoms with E-state index < -0.39 is 0 Å². The van der Waals surface area contributed by atoms with E-state index >= 15 is 0 Å². The number of thiazole rings is 1. The second-order valence-electron chi connectivity index (χ2n) is 1.34. The molecule has 0 bridgehead atoms. The van der Waals surface area contributed by atoms with Gasteiger partial charge in [0, 0.05) is 6.20 Å². The number of hydrogen-bond acceptors (Lipinski definition) is 4. The molecule has 48 valence electrons. The van der Waals surface area contributed by atoms with E-state index in [9.17, 15) is 0 Å². The highest BCUT2D eigenvalue weighted by atomic mass is 32.1. The first-order valence-electron chi connectivity index (χ1n) is 2.24. The van der Waals surface area contributed by atoms with E-state index in [-0.39, 0.29) is 0 Å². The highest BCUT2D eigenvalue weighted by Gasteiger charge is 1.97. The molecule has 0 saturated carbocycles. The summed E-state index contributed by atoms with van der Waals surface area (Å²) in [5.41, 5.74) is 4.08. The van der Waals surface area contributed by atoms with Gasteiger partial charge in [-0.15, -0.1) is 11.3 Å². The molecule has 0 amide bonds. The maximum absolute atomic E-state index is 5.05. The minimum absolute atomic E-state index is 0.539. The maximum atomic E-state index is 5.05. The molecule has 0 fully saturated rings. The topological polar surface area (TPSA) is 50.9 Å². The van der Waals surface area contributed by atoms with Gasteiger partial charge in [0.15, 0.2) is 0 Å². The first-order chi connectivity index (χ1) is 4.34. The summed E-state index contributed by atoms with van der Waals surface area (Å²) in [7, 11) is 0. The third-order valence-corrected chi connectivity index (χ3v) is 2.04. The summed E-state index contributed by atoms with van der Waals surface area (Å²) >= 11 is 6.27. The standard InChI is InChI=1S/C4H5N3S2/c5-7-4(8)3-1-6-2-9-3/h1-2H,5H2,(H,7,8). The number of thiocarbonyl (C=S) groups is 1. The van der Waals surface area contributed by atoms with Crippen LogP contribution < -0.4 is 11.3 Å². The van der Waals surface area contributed by atoms with E-state index in [1.165, 1.54) is 11.3 Å². The first kappa shape index (κ1) is 6.60. The third-order valence-electron chi connectivity index (χ3n) is 0.787. The average Bonchev–Trinajstić information content (AvgIpc) is 2.37. The van der Waals surface area contributed by atoms with Crippen molar-refractivity contribution in [2.24, 2.45) is 5.84 Å². The molecular formula is C4H5N3S2. The quantitative estimate of drug-likeness (QED) is 0.351. The molecular weight excluding hydrogens is 154 g/mol. The normalized spacial score (nSPS) is 9.00. The number of nitrogens with zero attached hydrogens (tertiary/aromatic N) is 1. The van der Waals surface area contributed by atoms with Crippen LogP contribution in [-0.4, -0.2) is 9.97 Å². The molecule has 0 spiro atoms. The maximum Gasteiger partial charge on any atom is 0.132 e. The van der Waals surface area contributed by atoms with Crippen molar-refractivity contribution in [1.82, 2.24) is 10.4 Å². The Bertz CT molecular complexity index is 194. The van der Waals surface area contributed by atoms with Gasteiger partial charge in [-0.25, -0.2) is 5.84 Å². The van der Waals surface area contributed by atoms with Gasteiger partial charge in [0.25, 0.3) is 0 Å². The van der Waals surface area contributed by atoms with Crippen molar-refractivity contribution in [2.45, 2.75) is 0 Å². The van der Waals surface area contributed by atoms with Crippen LogP contribution in [0.5, 0.6) is 0 Å². The molecule has 1 heterocycles. The minimum atomic E-state index is 0.539. The van der Waals surface area contributed by atoms with E-state index in [0.717, 1.165) is 4.88 Å². The summed E-state index contributed by atoms with van der Waals surface area (Å²) in [4.78, 5) is 5.26. The van der Waals surface area contributed by atoms with Crippen LogP contribution in [0.25, 0.3) is 0 Å². The van der Waals surface area contributed by atoms with Crippen LogP contribution in [0.1, 0.15) is 4.88 Å². The van der Waals surface area contributed by atoms with Gasteiger partial charge in [-0.05, 0) is 0 Å². The second-order valence-corrected chi connectivity index (χ2v) is 2.63. The van der Waals surface area contributed by atoms with Crippen LogP contribution in [0.3, 0.4) is 0 Å². The highest BCUT2D eigenvalue weighted by Crippen LogP contribution is 2.04. The molecule has 1 aromatic rings. The van der Waals surface area contributed by atoms with Crippen molar-refractivity contribution >= 4 is 28.5 Å². The zero-order chi connectivity index (χ0) is 6.69. The number of nitrogens with one attached hydrogen (secondary N) is 1. The highest BCUT2D eigenvalue weighted by molar-refractivity contribution is 7.81. The van der Waals surface area contributed by atoms with Crippen molar-refractivity contribution < 1.29 is 0 Å². The number of nitrogens with two attached hydrogens (primary N) is 1. The molecule has 0 aromatic carbocycles. The summed E-state index contributed by atoms with van der Waals surface area (Å²) in [6.07, 6.45) is 1.67. The molecule has 3 nitrogen and oxygen atoms in total. The van der Waals surface area contributed by atoms with Gasteiger partial charge in [-0.3, -0.25) is 4.98 Å². The number of hydrogen-bond donors (Lipinski definition) is 2. The van der Waals surface area contributed by atoms with Gasteiger partial charge in [0.05, 0.1) is 10.4 Å². The Labute approximate surface area is 61.9 Å². The zero-order valence-electron chi connectivity index (χ0n) is 4.50. The molecule has 0 aliphatic carbocycles. The SMILES string of the molecule is NNC(=S)c1cncs1. The molecule has 1 rings (SSSR count). The summed E-state index contributed by atoms with van der Waals surface area (Å²) in [6.45, 7) is 0. The predicted molar refractivity (Wildman–Crippen MR) is 41.1 cm³/mol. The van der Waals surface area contributed by atoms with Crippen LogP contribution in [0, 0.1) is 0 Å². The summed E-state index contributed by atoms with van der Waals surface area (Å²) in [5, 5.41) is 0. The fourth-order valence-electron chi connectivity index (χ4n) is 0.399. The second kappa shape index (κ2) is 2.86. The Balaban J connectivity index is 2.77. The molecule has 0 aliphatic heterocycles. The molecule has 0 atom stereocenters. The third kappa shape index (κ3) is 1.44. The summed E-state index contributed by atoms with van der Waals surface area (Å²) < 4.78 is 0. The Morgan fingerprint density at radius 2 is 2.67 bits per heavy atom. The van der Waals surface area contributed by atoms with Crippen LogP contribution in [-0.2, 0) is 0 Å². The van der Waals surface area contributed by atoms with Crippen molar-refractivity contribution in [3.63, 3.8) is 0 Å². The molecule has 3 N–H and O–H groups in total. The van der Waals surface area contributed by atoms with Crippen molar-refractivity contribution in [2.75, 3.05) is 0 Å². The smallest absolute Gasteiger partial charge is 0.132 e. The van der Waals surface area contributed by atoms with E-state index in [0.29, 0.717) is 4.99 Å². The molecule has 9 heavy (non-hydrogen) atoms. The van der Waals surface area contributed by atoms with Gasteiger partial charge in [-0.2, -0.15) is 0 Å². The zero-order valence-corrected chi connectivity index (χ0v) is 6.13. The Hall–Kier alpha value is -0.520. The Morgan fingerprint density at radius 3 is 3.11 bits per heavy atom. The van der Waals surface area contributed by atoms with E-state index in [4.69, 9.17) is 18.1 Å². The Kier molecular flexibility index (Phi) is 2.10. The lowest BCUT2D eigenvalue weighted by molar-refractivity contribution is 1.05. The van der Waals surface area contributed by atoms with Gasteiger partial charge in [-0.1, -0.05) is 12.2 Å². The van der Waals surface area contributed by atoms with Crippen molar-refractivity contribution in [1.29, 1.82) is 0 Å². The van der Waals surface area contributed by atoms with Crippen LogP contribution >= 0.6 is 23.6 Å². The largest absolute Gasteiger partial charge is 0.314 e. The van der Waals surface area contributed by atoms with E-state index in [2.05, 4.69) is 10.4 Å². The van der Waals surface area contributed by atoms with Crippen LogP contribution in [0.4, 0.5) is 0 Å². The lowest BCUT2D eigenvalue weighted by Gasteiger charge is -1.93. The minimum Gasteiger partial charge on any atom is -0.314 e. The molecule has 0 saturated heterocycles. The van der Waals surface area contributed by atoms with Crippen LogP contribution in [0.15, 0.2) is 11.7 Å². The van der Waals surface area contributed by atoms with Gasteiger partial charge in [0.1, 0.15) is 4.99 Å². The summed E-state index contributed by atoms with van der Waals surface area (Å²) in [6, 6.07) is 0. The molecule has 5 heteroatoms. The lowest BCUT2D eigenvalue weighted by atomic mass is 10.6. The fourth-order valence-corrected chi connectivity index (χ4v) is 1.12. The fraction of sp³-hybridized carbons (Fsp3) is 0. The lowest BCUT2D eigenvalue weighted by Crippen LogP contribution is -2.28. The molecule has 1 aromatic heterocycles. The number of hydrazine groups is 1. The molecule has 0 radical (unpaired) electrons.